The van der Waals surface area contributed by atoms with E-state index in [-0.39, 0.29) is 0 Å². The molecule has 4 aromatic rings. The van der Waals surface area contributed by atoms with Gasteiger partial charge < -0.3 is 11.5 Å². The average molecular weight is 437 g/mol. The molecule has 0 unspecified atom stereocenters. The highest BCUT2D eigenvalue weighted by Crippen LogP contribution is 2.44. The van der Waals surface area contributed by atoms with E-state index in [2.05, 4.69) is 0 Å². The summed E-state index contributed by atoms with van der Waals surface area (Å²) >= 11 is 14.3. The summed E-state index contributed by atoms with van der Waals surface area (Å²) in [5.41, 5.74) is 17.8. The van der Waals surface area contributed by atoms with Crippen molar-refractivity contribution in [3.8, 4) is 22.3 Å². The number of anilines is 2. The van der Waals surface area contributed by atoms with E-state index in [1.165, 1.54) is 0 Å². The summed E-state index contributed by atoms with van der Waals surface area (Å²) in [6, 6.07) is 27.3. The third kappa shape index (κ3) is 4.23. The molecule has 4 N–H and O–H groups in total. The zero-order chi connectivity index (χ0) is 20.4. The SMILES string of the molecule is Nc1ccccc1-c1cc(Cl)ccc1Sc1ccc(Cl)cc1-c1ccccc1N. The number of hydrogen-bond acceptors (Lipinski definition) is 3. The second-order valence-electron chi connectivity index (χ2n) is 6.56. The van der Waals surface area contributed by atoms with E-state index in [0.717, 1.165) is 32.0 Å². The van der Waals surface area contributed by atoms with E-state index in [4.69, 9.17) is 34.7 Å². The minimum atomic E-state index is 0.663. The van der Waals surface area contributed by atoms with Crippen LogP contribution in [0.25, 0.3) is 22.3 Å². The summed E-state index contributed by atoms with van der Waals surface area (Å²) in [6.45, 7) is 0. The second-order valence-corrected chi connectivity index (χ2v) is 8.51. The number of nitrogen functional groups attached to an aromatic ring is 2. The van der Waals surface area contributed by atoms with Crippen LogP contribution in [0.4, 0.5) is 11.4 Å². The summed E-state index contributed by atoms with van der Waals surface area (Å²) in [4.78, 5) is 2.09. The Hall–Kier alpha value is -2.59. The number of hydrogen-bond donors (Lipinski definition) is 2. The van der Waals surface area contributed by atoms with Crippen LogP contribution in [-0.2, 0) is 0 Å². The van der Waals surface area contributed by atoms with Gasteiger partial charge in [-0.3, -0.25) is 0 Å². The predicted octanol–water partition coefficient (Wildman–Crippen LogP) is 7.64. The number of nitrogens with two attached hydrogens (primary N) is 2. The fraction of sp³-hybridized carbons (Fsp3) is 0. The summed E-state index contributed by atoms with van der Waals surface area (Å²) in [7, 11) is 0. The zero-order valence-electron chi connectivity index (χ0n) is 15.4. The van der Waals surface area contributed by atoms with Crippen LogP contribution in [0.15, 0.2) is 94.7 Å². The number of rotatable bonds is 4. The van der Waals surface area contributed by atoms with Gasteiger partial charge in [0.2, 0.25) is 0 Å². The highest BCUT2D eigenvalue weighted by molar-refractivity contribution is 7.99. The van der Waals surface area contributed by atoms with Crippen molar-refractivity contribution in [3.05, 3.63) is 95.0 Å². The topological polar surface area (TPSA) is 52.0 Å². The molecule has 144 valence electrons. The maximum Gasteiger partial charge on any atom is 0.0412 e. The minimum Gasteiger partial charge on any atom is -0.398 e. The van der Waals surface area contributed by atoms with E-state index >= 15 is 0 Å². The van der Waals surface area contributed by atoms with Gasteiger partial charge in [0, 0.05) is 42.3 Å². The van der Waals surface area contributed by atoms with E-state index in [1.807, 2.05) is 84.9 Å². The minimum absolute atomic E-state index is 0.663. The Morgan fingerprint density at radius 1 is 0.517 bits per heavy atom. The summed E-state index contributed by atoms with van der Waals surface area (Å²) in [6.07, 6.45) is 0. The van der Waals surface area contributed by atoms with Gasteiger partial charge in [-0.1, -0.05) is 71.4 Å². The summed E-state index contributed by atoms with van der Waals surface area (Å²) < 4.78 is 0. The lowest BCUT2D eigenvalue weighted by Gasteiger charge is -2.15. The van der Waals surface area contributed by atoms with Crippen LogP contribution in [0.1, 0.15) is 0 Å². The maximum absolute atomic E-state index is 6.31. The Morgan fingerprint density at radius 2 is 0.931 bits per heavy atom. The van der Waals surface area contributed by atoms with Gasteiger partial charge in [0.05, 0.1) is 0 Å². The predicted molar refractivity (Wildman–Crippen MR) is 127 cm³/mol. The molecular formula is C24H18Cl2N2S. The van der Waals surface area contributed by atoms with Gasteiger partial charge in [-0.25, -0.2) is 0 Å². The van der Waals surface area contributed by atoms with Gasteiger partial charge >= 0.3 is 0 Å². The molecule has 0 aliphatic carbocycles. The first-order chi connectivity index (χ1) is 14.0. The first-order valence-electron chi connectivity index (χ1n) is 8.99. The van der Waals surface area contributed by atoms with Gasteiger partial charge in [0.1, 0.15) is 0 Å². The normalized spacial score (nSPS) is 10.8. The van der Waals surface area contributed by atoms with Crippen molar-refractivity contribution in [3.63, 3.8) is 0 Å². The molecule has 29 heavy (non-hydrogen) atoms. The van der Waals surface area contributed by atoms with Gasteiger partial charge in [0.25, 0.3) is 0 Å². The van der Waals surface area contributed by atoms with E-state index < -0.39 is 0 Å². The van der Waals surface area contributed by atoms with Crippen LogP contribution in [0.2, 0.25) is 10.0 Å². The van der Waals surface area contributed by atoms with Crippen molar-refractivity contribution in [2.75, 3.05) is 11.5 Å². The van der Waals surface area contributed by atoms with Crippen LogP contribution in [-0.4, -0.2) is 0 Å². The van der Waals surface area contributed by atoms with E-state index in [1.54, 1.807) is 11.8 Å². The van der Waals surface area contributed by atoms with Crippen molar-refractivity contribution in [2.45, 2.75) is 9.79 Å². The van der Waals surface area contributed by atoms with Crippen molar-refractivity contribution < 1.29 is 0 Å². The Bertz CT molecular complexity index is 1100. The van der Waals surface area contributed by atoms with Crippen LogP contribution in [0.5, 0.6) is 0 Å². The Kier molecular flexibility index (Phi) is 5.72. The van der Waals surface area contributed by atoms with Crippen LogP contribution >= 0.6 is 35.0 Å². The summed E-state index contributed by atoms with van der Waals surface area (Å²) in [5, 5.41) is 1.33. The van der Waals surface area contributed by atoms with Crippen molar-refractivity contribution in [2.24, 2.45) is 0 Å². The van der Waals surface area contributed by atoms with Crippen LogP contribution < -0.4 is 11.5 Å². The molecule has 0 spiro atoms. The molecule has 0 saturated carbocycles. The lowest BCUT2D eigenvalue weighted by Crippen LogP contribution is -1.93. The van der Waals surface area contributed by atoms with Crippen molar-refractivity contribution in [1.29, 1.82) is 0 Å². The van der Waals surface area contributed by atoms with E-state index in [0.29, 0.717) is 21.4 Å². The molecule has 0 aromatic heterocycles. The first-order valence-corrected chi connectivity index (χ1v) is 10.6. The molecule has 2 nitrogen and oxygen atoms in total. The smallest absolute Gasteiger partial charge is 0.0412 e. The molecule has 4 aromatic carbocycles. The monoisotopic (exact) mass is 436 g/mol. The number of benzene rings is 4. The molecule has 0 atom stereocenters. The largest absolute Gasteiger partial charge is 0.398 e. The van der Waals surface area contributed by atoms with Gasteiger partial charge in [-0.15, -0.1) is 0 Å². The Labute approximate surface area is 184 Å². The molecule has 0 fully saturated rings. The molecule has 0 saturated heterocycles. The fourth-order valence-corrected chi connectivity index (χ4v) is 4.62. The third-order valence-electron chi connectivity index (χ3n) is 4.61. The second kappa shape index (κ2) is 8.42. The van der Waals surface area contributed by atoms with Crippen LogP contribution in [0, 0.1) is 0 Å². The van der Waals surface area contributed by atoms with Crippen LogP contribution in [0.3, 0.4) is 0 Å². The molecule has 4 rings (SSSR count). The Morgan fingerprint density at radius 3 is 1.34 bits per heavy atom. The molecule has 5 heteroatoms. The highest BCUT2D eigenvalue weighted by atomic mass is 35.5. The molecule has 0 aliphatic heterocycles. The van der Waals surface area contributed by atoms with Gasteiger partial charge in [-0.2, -0.15) is 0 Å². The summed E-state index contributed by atoms with van der Waals surface area (Å²) in [5.74, 6) is 0. The van der Waals surface area contributed by atoms with Gasteiger partial charge in [-0.05, 0) is 59.7 Å². The standard InChI is InChI=1S/C24H18Cl2N2S/c25-15-9-11-23(19(13-15)17-5-1-3-7-21(17)27)29-24-12-10-16(26)14-20(24)18-6-2-4-8-22(18)28/h1-14H,27-28H2. The van der Waals surface area contributed by atoms with Crippen molar-refractivity contribution >= 4 is 46.3 Å². The molecule has 0 bridgehead atoms. The van der Waals surface area contributed by atoms with Gasteiger partial charge in [0.15, 0.2) is 0 Å². The molecule has 0 amide bonds. The third-order valence-corrected chi connectivity index (χ3v) is 6.23. The molecular weight excluding hydrogens is 419 g/mol. The fourth-order valence-electron chi connectivity index (χ4n) is 3.21. The van der Waals surface area contributed by atoms with E-state index in [9.17, 15) is 0 Å². The van der Waals surface area contributed by atoms with Crippen molar-refractivity contribution in [1.82, 2.24) is 0 Å². The zero-order valence-corrected chi connectivity index (χ0v) is 17.7. The number of halogens is 2. The lowest BCUT2D eigenvalue weighted by molar-refractivity contribution is 1.39. The molecule has 0 heterocycles. The number of para-hydroxylation sites is 2. The average Bonchev–Trinajstić information content (AvgIpc) is 2.71. The molecule has 0 aliphatic rings. The quantitative estimate of drug-likeness (QED) is 0.323. The Balaban J connectivity index is 1.85. The maximum atomic E-state index is 6.31. The highest BCUT2D eigenvalue weighted by Gasteiger charge is 2.14. The lowest BCUT2D eigenvalue weighted by atomic mass is 10.0. The molecule has 0 radical (unpaired) electrons. The first kappa shape index (κ1) is 19.7.